The molecule has 0 unspecified atom stereocenters. The van der Waals surface area contributed by atoms with Crippen LogP contribution in [0.2, 0.25) is 0 Å². The first-order valence-corrected chi connectivity index (χ1v) is 7.42. The molecule has 0 aliphatic carbocycles. The number of amides is 1. The molecule has 2 N–H and O–H groups in total. The largest absolute Gasteiger partial charge is 0.376 e. The first-order chi connectivity index (χ1) is 10.9. The molecule has 1 amide bonds. The van der Waals surface area contributed by atoms with Gasteiger partial charge in [-0.15, -0.1) is 5.10 Å². The van der Waals surface area contributed by atoms with Gasteiger partial charge in [0.05, 0.1) is 23.1 Å². The summed E-state index contributed by atoms with van der Waals surface area (Å²) in [5.74, 6) is 0.571. The van der Waals surface area contributed by atoms with Crippen molar-refractivity contribution in [2.24, 2.45) is 7.05 Å². The smallest absolute Gasteiger partial charge is 0.255 e. The highest BCUT2D eigenvalue weighted by atomic mass is 16.1. The third-order valence-corrected chi connectivity index (χ3v) is 3.61. The Bertz CT molecular complexity index is 693. The molecule has 23 heavy (non-hydrogen) atoms. The molecule has 2 aromatic heterocycles. The van der Waals surface area contributed by atoms with E-state index in [9.17, 15) is 4.79 Å². The third-order valence-electron chi connectivity index (χ3n) is 3.61. The predicted molar refractivity (Wildman–Crippen MR) is 89.9 cm³/mol. The summed E-state index contributed by atoms with van der Waals surface area (Å²) in [4.78, 5) is 14.2. The number of nitrogens with zero attached hydrogens (tertiary/aromatic N) is 5. The van der Waals surface area contributed by atoms with Crippen molar-refractivity contribution in [3.63, 3.8) is 0 Å². The topological polar surface area (TPSA) is 88.0 Å². The van der Waals surface area contributed by atoms with E-state index in [1.807, 2.05) is 46.0 Å². The normalized spacial score (nSPS) is 10.5. The van der Waals surface area contributed by atoms with Gasteiger partial charge in [0.15, 0.2) is 5.82 Å². The van der Waals surface area contributed by atoms with Gasteiger partial charge in [0.25, 0.3) is 5.91 Å². The van der Waals surface area contributed by atoms with Crippen molar-refractivity contribution < 1.29 is 4.79 Å². The van der Waals surface area contributed by atoms with Crippen molar-refractivity contribution >= 4 is 17.4 Å². The molecule has 0 saturated carbocycles. The standard InChI is InChI=1S/C15H23N7O/c1-10-14(11(2)22(5)20-10)15(23)17-7-6-16-13-8-12(21(3)4)9-18-19-13/h8-9H,6-7H2,1-5H3,(H,16,19)(H,17,23). The molecule has 8 nitrogen and oxygen atoms in total. The Morgan fingerprint density at radius 1 is 1.30 bits per heavy atom. The van der Waals surface area contributed by atoms with Crippen molar-refractivity contribution in [2.75, 3.05) is 37.4 Å². The summed E-state index contributed by atoms with van der Waals surface area (Å²) in [5, 5.41) is 18.2. The van der Waals surface area contributed by atoms with E-state index in [0.29, 0.717) is 24.5 Å². The Morgan fingerprint density at radius 3 is 2.65 bits per heavy atom. The number of carbonyl (C=O) groups excluding carboxylic acids is 1. The fraction of sp³-hybridized carbons (Fsp3) is 0.467. The molecule has 0 fully saturated rings. The number of anilines is 2. The van der Waals surface area contributed by atoms with E-state index < -0.39 is 0 Å². The van der Waals surface area contributed by atoms with E-state index in [2.05, 4.69) is 25.9 Å². The number of hydrogen-bond donors (Lipinski definition) is 2. The Balaban J connectivity index is 1.86. The monoisotopic (exact) mass is 317 g/mol. The summed E-state index contributed by atoms with van der Waals surface area (Å²) in [6.07, 6.45) is 1.70. The van der Waals surface area contributed by atoms with Crippen molar-refractivity contribution in [2.45, 2.75) is 13.8 Å². The van der Waals surface area contributed by atoms with Crippen LogP contribution in [-0.4, -0.2) is 53.1 Å². The van der Waals surface area contributed by atoms with Crippen LogP contribution in [0.1, 0.15) is 21.7 Å². The highest BCUT2D eigenvalue weighted by Crippen LogP contribution is 2.13. The number of nitrogens with one attached hydrogen (secondary N) is 2. The Morgan fingerprint density at radius 2 is 2.04 bits per heavy atom. The van der Waals surface area contributed by atoms with Crippen LogP contribution in [0.25, 0.3) is 0 Å². The second-order valence-electron chi connectivity index (χ2n) is 5.55. The number of rotatable bonds is 6. The van der Waals surface area contributed by atoms with Crippen LogP contribution in [0.3, 0.4) is 0 Å². The van der Waals surface area contributed by atoms with E-state index in [0.717, 1.165) is 17.1 Å². The molecule has 0 radical (unpaired) electrons. The summed E-state index contributed by atoms with van der Waals surface area (Å²) in [7, 11) is 5.72. The van der Waals surface area contributed by atoms with Crippen molar-refractivity contribution in [3.05, 3.63) is 29.2 Å². The maximum absolute atomic E-state index is 12.2. The molecule has 0 spiro atoms. The van der Waals surface area contributed by atoms with Gasteiger partial charge < -0.3 is 15.5 Å². The minimum atomic E-state index is -0.108. The van der Waals surface area contributed by atoms with E-state index in [1.54, 1.807) is 10.9 Å². The quantitative estimate of drug-likeness (QED) is 0.764. The fourth-order valence-corrected chi connectivity index (χ4v) is 2.24. The van der Waals surface area contributed by atoms with Gasteiger partial charge in [-0.3, -0.25) is 9.48 Å². The maximum atomic E-state index is 12.2. The Kier molecular flexibility index (Phi) is 5.15. The molecule has 0 bridgehead atoms. The second-order valence-corrected chi connectivity index (χ2v) is 5.55. The zero-order valence-electron chi connectivity index (χ0n) is 14.2. The van der Waals surface area contributed by atoms with Gasteiger partial charge in [-0.25, -0.2) is 0 Å². The molecule has 0 aromatic carbocycles. The summed E-state index contributed by atoms with van der Waals surface area (Å²) in [5.41, 5.74) is 3.20. The van der Waals surface area contributed by atoms with Gasteiger partial charge in [-0.2, -0.15) is 10.2 Å². The molecule has 2 heterocycles. The molecule has 2 aromatic rings. The van der Waals surface area contributed by atoms with E-state index in [4.69, 9.17) is 0 Å². The van der Waals surface area contributed by atoms with Crippen LogP contribution < -0.4 is 15.5 Å². The van der Waals surface area contributed by atoms with Crippen LogP contribution in [0.5, 0.6) is 0 Å². The van der Waals surface area contributed by atoms with Gasteiger partial charge in [0.1, 0.15) is 0 Å². The first-order valence-electron chi connectivity index (χ1n) is 7.42. The lowest BCUT2D eigenvalue weighted by Gasteiger charge is -2.13. The van der Waals surface area contributed by atoms with E-state index >= 15 is 0 Å². The molecule has 2 rings (SSSR count). The van der Waals surface area contributed by atoms with Crippen LogP contribution in [0.4, 0.5) is 11.5 Å². The number of aryl methyl sites for hydroxylation is 2. The van der Waals surface area contributed by atoms with Crippen LogP contribution >= 0.6 is 0 Å². The van der Waals surface area contributed by atoms with Gasteiger partial charge in [0, 0.05) is 46.0 Å². The van der Waals surface area contributed by atoms with E-state index in [-0.39, 0.29) is 5.91 Å². The lowest BCUT2D eigenvalue weighted by Crippen LogP contribution is -2.29. The number of hydrogen-bond acceptors (Lipinski definition) is 6. The average Bonchev–Trinajstić information content (AvgIpc) is 2.76. The molecule has 124 valence electrons. The zero-order valence-corrected chi connectivity index (χ0v) is 14.2. The second kappa shape index (κ2) is 7.08. The summed E-state index contributed by atoms with van der Waals surface area (Å²) >= 11 is 0. The van der Waals surface area contributed by atoms with Crippen molar-refractivity contribution in [3.8, 4) is 0 Å². The van der Waals surface area contributed by atoms with Crippen molar-refractivity contribution in [1.82, 2.24) is 25.3 Å². The molecule has 0 aliphatic heterocycles. The van der Waals surface area contributed by atoms with Gasteiger partial charge in [-0.05, 0) is 13.8 Å². The minimum Gasteiger partial charge on any atom is -0.376 e. The Hall–Kier alpha value is -2.64. The molecule has 0 aliphatic rings. The van der Waals surface area contributed by atoms with Crippen molar-refractivity contribution in [1.29, 1.82) is 0 Å². The minimum absolute atomic E-state index is 0.108. The molecular weight excluding hydrogens is 294 g/mol. The molecular formula is C15H23N7O. The molecule has 8 heteroatoms. The van der Waals surface area contributed by atoms with E-state index in [1.165, 1.54) is 0 Å². The van der Waals surface area contributed by atoms with Crippen LogP contribution in [0.15, 0.2) is 12.3 Å². The number of carbonyl (C=O) groups is 1. The maximum Gasteiger partial charge on any atom is 0.255 e. The number of aromatic nitrogens is 4. The molecule has 0 saturated heterocycles. The van der Waals surface area contributed by atoms with Gasteiger partial charge in [0.2, 0.25) is 0 Å². The van der Waals surface area contributed by atoms with Gasteiger partial charge in [-0.1, -0.05) is 0 Å². The average molecular weight is 317 g/mol. The Labute approximate surface area is 135 Å². The summed E-state index contributed by atoms with van der Waals surface area (Å²) in [6.45, 7) is 4.77. The first kappa shape index (κ1) is 16.7. The highest BCUT2D eigenvalue weighted by Gasteiger charge is 2.16. The molecule has 0 atom stereocenters. The lowest BCUT2D eigenvalue weighted by molar-refractivity contribution is 0.0954. The third kappa shape index (κ3) is 3.97. The zero-order chi connectivity index (χ0) is 17.0. The highest BCUT2D eigenvalue weighted by molar-refractivity contribution is 5.96. The fourth-order valence-electron chi connectivity index (χ4n) is 2.24. The predicted octanol–water partition coefficient (Wildman–Crippen LogP) is 0.735. The van der Waals surface area contributed by atoms with Crippen LogP contribution in [-0.2, 0) is 7.05 Å². The lowest BCUT2D eigenvalue weighted by atomic mass is 10.2. The SMILES string of the molecule is Cc1nn(C)c(C)c1C(=O)NCCNc1cc(N(C)C)cnn1. The van der Waals surface area contributed by atoms with Gasteiger partial charge >= 0.3 is 0 Å². The summed E-state index contributed by atoms with van der Waals surface area (Å²) in [6, 6.07) is 1.91. The van der Waals surface area contributed by atoms with Crippen LogP contribution in [0, 0.1) is 13.8 Å². The summed E-state index contributed by atoms with van der Waals surface area (Å²) < 4.78 is 1.71.